The van der Waals surface area contributed by atoms with Gasteiger partial charge in [0.15, 0.2) is 0 Å². The van der Waals surface area contributed by atoms with Crippen LogP contribution < -0.4 is 11.2 Å². The molecule has 3 aromatic rings. The molecule has 2 heterocycles. The third-order valence-electron chi connectivity index (χ3n) is 4.48. The number of aromatic nitrogens is 2. The molecule has 0 saturated heterocycles. The Labute approximate surface area is 141 Å². The monoisotopic (exact) mass is 337 g/mol. The molecule has 5 nitrogen and oxygen atoms in total. The van der Waals surface area contributed by atoms with E-state index in [4.69, 9.17) is 5.26 Å². The van der Waals surface area contributed by atoms with E-state index in [1.165, 1.54) is 21.5 Å². The van der Waals surface area contributed by atoms with Crippen LogP contribution in [0.25, 0.3) is 21.3 Å². The first kappa shape index (κ1) is 14.9. The fourth-order valence-electron chi connectivity index (χ4n) is 3.37. The molecule has 0 bridgehead atoms. The highest BCUT2D eigenvalue weighted by Gasteiger charge is 2.24. The van der Waals surface area contributed by atoms with Crippen molar-refractivity contribution >= 4 is 21.6 Å². The van der Waals surface area contributed by atoms with Crippen LogP contribution in [0.3, 0.4) is 0 Å². The van der Waals surface area contributed by atoms with Gasteiger partial charge in [-0.05, 0) is 30.4 Å². The first-order chi connectivity index (χ1) is 11.7. The van der Waals surface area contributed by atoms with Gasteiger partial charge in [-0.1, -0.05) is 24.3 Å². The van der Waals surface area contributed by atoms with E-state index >= 15 is 0 Å². The number of fused-ring (bicyclic) bond motifs is 5. The standard InChI is InChI=1S/C18H15N3O2S/c19-9-3-4-10-21-17(22)15-14-12-6-2-1-5-11(12)7-8-13(14)24-16(15)20-18(21)23/h1-2,5-6H,3-4,7-8,10H2,(H,20,23). The van der Waals surface area contributed by atoms with E-state index in [0.717, 1.165) is 28.8 Å². The largest absolute Gasteiger partial charge is 0.329 e. The Morgan fingerprint density at radius 3 is 2.92 bits per heavy atom. The van der Waals surface area contributed by atoms with Crippen molar-refractivity contribution < 1.29 is 0 Å². The number of benzene rings is 1. The molecule has 0 aliphatic heterocycles. The quantitative estimate of drug-likeness (QED) is 0.747. The maximum Gasteiger partial charge on any atom is 0.329 e. The van der Waals surface area contributed by atoms with Crippen LogP contribution in [0.4, 0.5) is 0 Å². The molecule has 0 atom stereocenters. The Balaban J connectivity index is 1.98. The third-order valence-corrected chi connectivity index (χ3v) is 5.65. The maximum atomic E-state index is 13.0. The van der Waals surface area contributed by atoms with Crippen LogP contribution in [-0.2, 0) is 19.4 Å². The third kappa shape index (κ3) is 2.21. The summed E-state index contributed by atoms with van der Waals surface area (Å²) in [6.07, 6.45) is 2.67. The number of nitrogens with one attached hydrogen (secondary N) is 1. The summed E-state index contributed by atoms with van der Waals surface area (Å²) in [5, 5.41) is 9.28. The maximum absolute atomic E-state index is 13.0. The SMILES string of the molecule is N#CCCCn1c(=O)[nH]c2sc3c(c2c1=O)-c1ccccc1CC3. The van der Waals surface area contributed by atoms with Crippen molar-refractivity contribution in [3.8, 4) is 17.2 Å². The fraction of sp³-hybridized carbons (Fsp3) is 0.278. The molecule has 24 heavy (non-hydrogen) atoms. The van der Waals surface area contributed by atoms with E-state index < -0.39 is 5.69 Å². The van der Waals surface area contributed by atoms with E-state index in [1.54, 1.807) is 0 Å². The summed E-state index contributed by atoms with van der Waals surface area (Å²) in [4.78, 5) is 29.9. The highest BCUT2D eigenvalue weighted by Crippen LogP contribution is 2.41. The zero-order valence-electron chi connectivity index (χ0n) is 13.0. The molecule has 0 radical (unpaired) electrons. The number of hydrogen-bond acceptors (Lipinski definition) is 4. The molecule has 120 valence electrons. The number of rotatable bonds is 3. The number of H-pyrrole nitrogens is 1. The molecule has 1 aromatic carbocycles. The minimum absolute atomic E-state index is 0.249. The van der Waals surface area contributed by atoms with Gasteiger partial charge in [0, 0.05) is 23.4 Å². The van der Waals surface area contributed by atoms with Gasteiger partial charge in [-0.15, -0.1) is 11.3 Å². The van der Waals surface area contributed by atoms with Gasteiger partial charge in [0.1, 0.15) is 4.83 Å². The summed E-state index contributed by atoms with van der Waals surface area (Å²) < 4.78 is 1.23. The van der Waals surface area contributed by atoms with E-state index in [-0.39, 0.29) is 12.1 Å². The van der Waals surface area contributed by atoms with Crippen LogP contribution in [-0.4, -0.2) is 9.55 Å². The van der Waals surface area contributed by atoms with Crippen molar-refractivity contribution in [2.24, 2.45) is 0 Å². The van der Waals surface area contributed by atoms with Gasteiger partial charge in [0.25, 0.3) is 5.56 Å². The van der Waals surface area contributed by atoms with Crippen molar-refractivity contribution in [1.29, 1.82) is 5.26 Å². The van der Waals surface area contributed by atoms with Crippen LogP contribution in [0, 0.1) is 11.3 Å². The molecule has 1 aliphatic rings. The lowest BCUT2D eigenvalue weighted by atomic mass is 9.89. The number of nitrogens with zero attached hydrogens (tertiary/aromatic N) is 2. The van der Waals surface area contributed by atoms with Crippen LogP contribution in [0.5, 0.6) is 0 Å². The lowest BCUT2D eigenvalue weighted by Crippen LogP contribution is -2.34. The number of unbranched alkanes of at least 4 members (excludes halogenated alkanes) is 1. The van der Waals surface area contributed by atoms with Crippen molar-refractivity contribution in [2.45, 2.75) is 32.2 Å². The normalized spacial score (nSPS) is 12.6. The van der Waals surface area contributed by atoms with E-state index in [1.807, 2.05) is 24.3 Å². The van der Waals surface area contributed by atoms with Gasteiger partial charge in [0.05, 0.1) is 11.5 Å². The summed E-state index contributed by atoms with van der Waals surface area (Å²) in [6.45, 7) is 0.268. The fourth-order valence-corrected chi connectivity index (χ4v) is 4.57. The second-order valence-electron chi connectivity index (χ2n) is 5.91. The molecule has 0 saturated carbocycles. The minimum Gasteiger partial charge on any atom is -0.298 e. The van der Waals surface area contributed by atoms with Gasteiger partial charge in [0.2, 0.25) is 0 Å². The predicted molar refractivity (Wildman–Crippen MR) is 94.4 cm³/mol. The number of hydrogen-bond donors (Lipinski definition) is 1. The number of thiophene rings is 1. The van der Waals surface area contributed by atoms with Crippen LogP contribution in [0.1, 0.15) is 23.3 Å². The van der Waals surface area contributed by atoms with Crippen molar-refractivity contribution in [3.05, 3.63) is 55.5 Å². The Bertz CT molecular complexity index is 1100. The first-order valence-electron chi connectivity index (χ1n) is 7.94. The van der Waals surface area contributed by atoms with Gasteiger partial charge in [-0.2, -0.15) is 5.26 Å². The summed E-state index contributed by atoms with van der Waals surface area (Å²) >= 11 is 1.51. The van der Waals surface area contributed by atoms with Gasteiger partial charge in [-0.3, -0.25) is 14.3 Å². The molecule has 4 rings (SSSR count). The topological polar surface area (TPSA) is 78.7 Å². The second kappa shape index (κ2) is 5.77. The molecule has 0 unspecified atom stereocenters. The molecular formula is C18H15N3O2S. The second-order valence-corrected chi connectivity index (χ2v) is 7.02. The Hall–Kier alpha value is -2.65. The highest BCUT2D eigenvalue weighted by atomic mass is 32.1. The van der Waals surface area contributed by atoms with E-state index in [2.05, 4.69) is 11.1 Å². The average Bonchev–Trinajstić information content (AvgIpc) is 2.96. The Morgan fingerprint density at radius 1 is 1.25 bits per heavy atom. The first-order valence-corrected chi connectivity index (χ1v) is 8.76. The minimum atomic E-state index is -0.391. The molecular weight excluding hydrogens is 322 g/mol. The number of aryl methyl sites for hydroxylation is 2. The molecule has 1 aliphatic carbocycles. The number of aromatic amines is 1. The summed E-state index contributed by atoms with van der Waals surface area (Å²) in [7, 11) is 0. The Kier molecular flexibility index (Phi) is 3.58. The van der Waals surface area contributed by atoms with Crippen molar-refractivity contribution in [3.63, 3.8) is 0 Å². The summed E-state index contributed by atoms with van der Waals surface area (Å²) in [5.74, 6) is 0. The lowest BCUT2D eigenvalue weighted by Gasteiger charge is -2.16. The average molecular weight is 337 g/mol. The molecule has 1 N–H and O–H groups in total. The van der Waals surface area contributed by atoms with Gasteiger partial charge < -0.3 is 0 Å². The smallest absolute Gasteiger partial charge is 0.298 e. The summed E-state index contributed by atoms with van der Waals surface area (Å²) in [5.41, 5.74) is 2.68. The highest BCUT2D eigenvalue weighted by molar-refractivity contribution is 7.19. The molecule has 2 aromatic heterocycles. The summed E-state index contributed by atoms with van der Waals surface area (Å²) in [6, 6.07) is 10.2. The number of nitriles is 1. The van der Waals surface area contributed by atoms with E-state index in [0.29, 0.717) is 23.1 Å². The van der Waals surface area contributed by atoms with E-state index in [9.17, 15) is 9.59 Å². The molecule has 0 spiro atoms. The van der Waals surface area contributed by atoms with Gasteiger partial charge in [-0.25, -0.2) is 4.79 Å². The van der Waals surface area contributed by atoms with Crippen molar-refractivity contribution in [1.82, 2.24) is 9.55 Å². The zero-order valence-corrected chi connectivity index (χ0v) is 13.8. The predicted octanol–water partition coefficient (Wildman–Crippen LogP) is 2.82. The molecule has 6 heteroatoms. The van der Waals surface area contributed by atoms with Crippen LogP contribution >= 0.6 is 11.3 Å². The van der Waals surface area contributed by atoms with Gasteiger partial charge >= 0.3 is 5.69 Å². The van der Waals surface area contributed by atoms with Crippen molar-refractivity contribution in [2.75, 3.05) is 0 Å². The molecule has 0 amide bonds. The zero-order chi connectivity index (χ0) is 16.7. The van der Waals surface area contributed by atoms with Crippen LogP contribution in [0.2, 0.25) is 0 Å². The lowest BCUT2D eigenvalue weighted by molar-refractivity contribution is 0.605. The van der Waals surface area contributed by atoms with Crippen LogP contribution in [0.15, 0.2) is 33.9 Å². The molecule has 0 fully saturated rings. The Morgan fingerprint density at radius 2 is 2.08 bits per heavy atom.